The maximum Gasteiger partial charge on any atom is 0.127 e. The number of fused-ring (bicyclic) bond motifs is 1. The molecule has 19 heavy (non-hydrogen) atoms. The molecule has 0 aliphatic carbocycles. The van der Waals surface area contributed by atoms with E-state index in [1.165, 1.54) is 3.57 Å². The number of nitrogens with zero attached hydrogens (tertiary/aromatic N) is 2. The van der Waals surface area contributed by atoms with Crippen LogP contribution in [-0.2, 0) is 11.3 Å². The topological polar surface area (TPSA) is 27.1 Å². The lowest BCUT2D eigenvalue weighted by Crippen LogP contribution is -2.15. The molecule has 0 fully saturated rings. The third kappa shape index (κ3) is 3.41. The number of hydrogen-bond donors (Lipinski definition) is 0. The first-order valence-electron chi connectivity index (χ1n) is 6.31. The van der Waals surface area contributed by atoms with Gasteiger partial charge in [-0.2, -0.15) is 0 Å². The second-order valence-corrected chi connectivity index (χ2v) is 6.79. The molecule has 1 aromatic carbocycles. The number of methoxy groups -OCH3 is 1. The van der Waals surface area contributed by atoms with E-state index in [2.05, 4.69) is 57.3 Å². The van der Waals surface area contributed by atoms with E-state index >= 15 is 0 Å². The average molecular weight is 393 g/mol. The fourth-order valence-corrected chi connectivity index (χ4v) is 2.91. The number of rotatable bonds is 5. The zero-order chi connectivity index (χ0) is 14.0. The van der Waals surface area contributed by atoms with Crippen molar-refractivity contribution in [3.05, 3.63) is 27.6 Å². The van der Waals surface area contributed by atoms with Crippen molar-refractivity contribution in [2.75, 3.05) is 13.7 Å². The molecular formula is C14H18ClIN2O. The predicted octanol–water partition coefficient (Wildman–Crippen LogP) is 4.22. The number of halogens is 2. The zero-order valence-corrected chi connectivity index (χ0v) is 14.3. The monoisotopic (exact) mass is 392 g/mol. The predicted molar refractivity (Wildman–Crippen MR) is 87.8 cm³/mol. The highest BCUT2D eigenvalue weighted by molar-refractivity contribution is 14.1. The van der Waals surface area contributed by atoms with E-state index in [1.807, 2.05) is 6.92 Å². The lowest BCUT2D eigenvalue weighted by molar-refractivity contribution is 0.151. The summed E-state index contributed by atoms with van der Waals surface area (Å²) in [5, 5.41) is -0.0974. The molecule has 0 N–H and O–H groups in total. The Kier molecular flexibility index (Phi) is 5.09. The molecule has 2 unspecified atom stereocenters. The Morgan fingerprint density at radius 2 is 2.16 bits per heavy atom. The van der Waals surface area contributed by atoms with Gasteiger partial charge in [-0.1, -0.05) is 6.92 Å². The summed E-state index contributed by atoms with van der Waals surface area (Å²) in [5.41, 5.74) is 2.16. The molecule has 0 spiro atoms. The van der Waals surface area contributed by atoms with Gasteiger partial charge in [0.05, 0.1) is 23.0 Å². The molecule has 0 saturated carbocycles. The molecule has 0 aliphatic rings. The molecule has 0 radical (unpaired) electrons. The fraction of sp³-hybridized carbons (Fsp3) is 0.500. The van der Waals surface area contributed by atoms with Crippen LogP contribution in [0.3, 0.4) is 0 Å². The van der Waals surface area contributed by atoms with Gasteiger partial charge in [0.2, 0.25) is 0 Å². The van der Waals surface area contributed by atoms with Crippen LogP contribution in [0.25, 0.3) is 11.0 Å². The van der Waals surface area contributed by atoms with Crippen LogP contribution in [0.4, 0.5) is 0 Å². The van der Waals surface area contributed by atoms with Gasteiger partial charge in [-0.05, 0) is 53.6 Å². The quantitative estimate of drug-likeness (QED) is 0.562. The van der Waals surface area contributed by atoms with Crippen molar-refractivity contribution < 1.29 is 4.74 Å². The molecular weight excluding hydrogens is 375 g/mol. The van der Waals surface area contributed by atoms with Crippen molar-refractivity contribution in [2.45, 2.75) is 25.8 Å². The van der Waals surface area contributed by atoms with E-state index in [0.29, 0.717) is 5.92 Å². The van der Waals surface area contributed by atoms with Crippen molar-refractivity contribution in [3.63, 3.8) is 0 Å². The second-order valence-electron chi connectivity index (χ2n) is 4.89. The number of alkyl halides is 1. The highest BCUT2D eigenvalue weighted by atomic mass is 127. The molecule has 5 heteroatoms. The van der Waals surface area contributed by atoms with Gasteiger partial charge < -0.3 is 9.30 Å². The molecule has 1 aromatic heterocycles. The maximum absolute atomic E-state index is 6.26. The molecule has 104 valence electrons. The molecule has 3 nitrogen and oxygen atoms in total. The Bertz CT molecular complexity index is 568. The Hall–Kier alpha value is -0.330. The summed E-state index contributed by atoms with van der Waals surface area (Å²) in [5.74, 6) is 1.36. The third-order valence-electron chi connectivity index (χ3n) is 3.04. The lowest BCUT2D eigenvalue weighted by atomic mass is 10.2. The van der Waals surface area contributed by atoms with Crippen LogP contribution in [0.1, 0.15) is 25.0 Å². The van der Waals surface area contributed by atoms with E-state index in [0.717, 1.165) is 30.0 Å². The van der Waals surface area contributed by atoms with E-state index < -0.39 is 0 Å². The Balaban J connectivity index is 2.46. The van der Waals surface area contributed by atoms with Gasteiger partial charge in [0.15, 0.2) is 0 Å². The van der Waals surface area contributed by atoms with Crippen LogP contribution in [0.2, 0.25) is 0 Å². The van der Waals surface area contributed by atoms with Crippen LogP contribution in [0.15, 0.2) is 18.2 Å². The van der Waals surface area contributed by atoms with E-state index in [-0.39, 0.29) is 5.38 Å². The highest BCUT2D eigenvalue weighted by Gasteiger charge is 2.16. The van der Waals surface area contributed by atoms with Crippen LogP contribution in [0.5, 0.6) is 0 Å². The summed E-state index contributed by atoms with van der Waals surface area (Å²) in [6.07, 6.45) is 0. The third-order valence-corrected chi connectivity index (χ3v) is 3.91. The van der Waals surface area contributed by atoms with E-state index in [1.54, 1.807) is 7.11 Å². The average Bonchev–Trinajstić information content (AvgIpc) is 2.67. The summed E-state index contributed by atoms with van der Waals surface area (Å²) >= 11 is 8.57. The first-order valence-corrected chi connectivity index (χ1v) is 7.83. The number of benzene rings is 1. The van der Waals surface area contributed by atoms with Crippen LogP contribution >= 0.6 is 34.2 Å². The lowest BCUT2D eigenvalue weighted by Gasteiger charge is -2.15. The number of ether oxygens (including phenoxy) is 1. The Labute approximate surface area is 132 Å². The fourth-order valence-electron chi connectivity index (χ4n) is 2.27. The molecule has 0 bridgehead atoms. The molecule has 2 aromatic rings. The van der Waals surface area contributed by atoms with Gasteiger partial charge in [0.1, 0.15) is 5.82 Å². The summed E-state index contributed by atoms with van der Waals surface area (Å²) < 4.78 is 8.62. The molecule has 2 atom stereocenters. The van der Waals surface area contributed by atoms with Crippen molar-refractivity contribution in [1.82, 2.24) is 9.55 Å². The largest absolute Gasteiger partial charge is 0.384 e. The van der Waals surface area contributed by atoms with Crippen LogP contribution < -0.4 is 0 Å². The van der Waals surface area contributed by atoms with Gasteiger partial charge in [-0.3, -0.25) is 0 Å². The van der Waals surface area contributed by atoms with Crippen molar-refractivity contribution in [2.24, 2.45) is 5.92 Å². The second kappa shape index (κ2) is 6.41. The summed E-state index contributed by atoms with van der Waals surface area (Å²) in [6.45, 7) is 5.74. The van der Waals surface area contributed by atoms with Crippen molar-refractivity contribution in [1.29, 1.82) is 0 Å². The van der Waals surface area contributed by atoms with Crippen molar-refractivity contribution >= 4 is 45.2 Å². The number of aromatic nitrogens is 2. The Morgan fingerprint density at radius 1 is 1.42 bits per heavy atom. The van der Waals surface area contributed by atoms with E-state index in [9.17, 15) is 0 Å². The first-order chi connectivity index (χ1) is 9.02. The normalized spacial score (nSPS) is 14.8. The van der Waals surface area contributed by atoms with Gasteiger partial charge in [-0.25, -0.2) is 4.98 Å². The molecule has 2 rings (SSSR count). The highest BCUT2D eigenvalue weighted by Crippen LogP contribution is 2.26. The van der Waals surface area contributed by atoms with Gasteiger partial charge in [0, 0.05) is 17.2 Å². The van der Waals surface area contributed by atoms with Gasteiger partial charge >= 0.3 is 0 Å². The summed E-state index contributed by atoms with van der Waals surface area (Å²) in [7, 11) is 1.73. The van der Waals surface area contributed by atoms with Crippen LogP contribution in [0, 0.1) is 9.49 Å². The Morgan fingerprint density at radius 3 is 2.79 bits per heavy atom. The first kappa shape index (κ1) is 15.1. The minimum Gasteiger partial charge on any atom is -0.384 e. The number of hydrogen-bond acceptors (Lipinski definition) is 2. The van der Waals surface area contributed by atoms with Crippen LogP contribution in [-0.4, -0.2) is 23.3 Å². The zero-order valence-electron chi connectivity index (χ0n) is 11.4. The molecule has 1 heterocycles. The molecule has 0 aliphatic heterocycles. The van der Waals surface area contributed by atoms with Gasteiger partial charge in [-0.15, -0.1) is 11.6 Å². The minimum absolute atomic E-state index is 0.0974. The molecule has 0 saturated heterocycles. The van der Waals surface area contributed by atoms with Gasteiger partial charge in [0.25, 0.3) is 0 Å². The maximum atomic E-state index is 6.26. The molecule has 0 amide bonds. The SMILES string of the molecule is COCC(C)Cn1c(C(C)Cl)nc2cc(I)ccc21. The summed E-state index contributed by atoms with van der Waals surface area (Å²) in [4.78, 5) is 4.67. The smallest absolute Gasteiger partial charge is 0.127 e. The number of imidazole rings is 1. The van der Waals surface area contributed by atoms with E-state index in [4.69, 9.17) is 16.3 Å². The standard InChI is InChI=1S/C14H18ClIN2O/c1-9(8-19-3)7-18-13-5-4-11(16)6-12(13)17-14(18)10(2)15/h4-6,9-10H,7-8H2,1-3H3. The summed E-state index contributed by atoms with van der Waals surface area (Å²) in [6, 6.07) is 6.31. The minimum atomic E-state index is -0.0974. The van der Waals surface area contributed by atoms with Crippen molar-refractivity contribution in [3.8, 4) is 0 Å².